The van der Waals surface area contributed by atoms with Crippen molar-refractivity contribution < 1.29 is 14.9 Å². The molecule has 0 unspecified atom stereocenters. The molecule has 0 atom stereocenters. The van der Waals surface area contributed by atoms with Gasteiger partial charge in [0.25, 0.3) is 0 Å². The van der Waals surface area contributed by atoms with Gasteiger partial charge in [-0.15, -0.1) is 0 Å². The molecule has 1 aliphatic carbocycles. The van der Waals surface area contributed by atoms with Gasteiger partial charge in [-0.05, 0) is 32.6 Å². The van der Waals surface area contributed by atoms with E-state index in [-0.39, 0.29) is 13.2 Å². The Bertz CT molecular complexity index is 175. The molecule has 15 heavy (non-hydrogen) atoms. The van der Waals surface area contributed by atoms with Crippen LogP contribution in [0.1, 0.15) is 32.6 Å². The van der Waals surface area contributed by atoms with E-state index in [0.29, 0.717) is 12.1 Å². The average Bonchev–Trinajstić information content (AvgIpc) is 2.30. The molecule has 0 bridgehead atoms. The summed E-state index contributed by atoms with van der Waals surface area (Å²) in [7, 11) is 1.75. The van der Waals surface area contributed by atoms with Crippen molar-refractivity contribution in [3.05, 3.63) is 0 Å². The highest BCUT2D eigenvalue weighted by molar-refractivity contribution is 4.88. The van der Waals surface area contributed by atoms with Crippen LogP contribution in [0.3, 0.4) is 0 Å². The molecule has 90 valence electrons. The van der Waals surface area contributed by atoms with Crippen molar-refractivity contribution in [2.45, 2.75) is 50.3 Å². The van der Waals surface area contributed by atoms with E-state index in [4.69, 9.17) is 14.9 Å². The summed E-state index contributed by atoms with van der Waals surface area (Å²) in [6.45, 7) is 1.77. The van der Waals surface area contributed by atoms with Crippen LogP contribution >= 0.6 is 0 Å². The number of nitrogens with one attached hydrogen (secondary N) is 1. The molecule has 1 saturated carbocycles. The minimum absolute atomic E-state index is 0.0340. The Balaban J connectivity index is 2.34. The monoisotopic (exact) mass is 217 g/mol. The summed E-state index contributed by atoms with van der Waals surface area (Å²) >= 11 is 0. The zero-order chi connectivity index (χ0) is 11.3. The lowest BCUT2D eigenvalue weighted by Crippen LogP contribution is -2.54. The molecule has 0 aliphatic heterocycles. The minimum Gasteiger partial charge on any atom is -0.394 e. The maximum absolute atomic E-state index is 9.17. The van der Waals surface area contributed by atoms with Gasteiger partial charge in [-0.3, -0.25) is 0 Å². The lowest BCUT2D eigenvalue weighted by Gasteiger charge is -2.35. The Kier molecular flexibility index (Phi) is 4.99. The maximum Gasteiger partial charge on any atom is 0.0633 e. The smallest absolute Gasteiger partial charge is 0.0633 e. The molecule has 4 nitrogen and oxygen atoms in total. The molecule has 1 aliphatic rings. The molecule has 3 N–H and O–H groups in total. The highest BCUT2D eigenvalue weighted by Crippen LogP contribution is 2.22. The Labute approximate surface area is 91.6 Å². The molecule has 0 saturated heterocycles. The van der Waals surface area contributed by atoms with E-state index in [0.717, 1.165) is 25.7 Å². The molecule has 0 aromatic rings. The van der Waals surface area contributed by atoms with Crippen LogP contribution in [0.2, 0.25) is 0 Å². The Morgan fingerprint density at radius 2 is 1.73 bits per heavy atom. The number of ether oxygens (including phenoxy) is 1. The number of methoxy groups -OCH3 is 1. The second kappa shape index (κ2) is 5.80. The fraction of sp³-hybridized carbons (Fsp3) is 1.00. The molecule has 0 aromatic heterocycles. The van der Waals surface area contributed by atoms with Crippen molar-refractivity contribution in [2.24, 2.45) is 0 Å². The molecular weight excluding hydrogens is 194 g/mol. The van der Waals surface area contributed by atoms with Gasteiger partial charge in [0.2, 0.25) is 0 Å². The van der Waals surface area contributed by atoms with Crippen molar-refractivity contribution in [1.82, 2.24) is 5.32 Å². The fourth-order valence-corrected chi connectivity index (χ4v) is 2.08. The quantitative estimate of drug-likeness (QED) is 0.619. The molecule has 0 spiro atoms. The highest BCUT2D eigenvalue weighted by atomic mass is 16.5. The predicted molar refractivity (Wildman–Crippen MR) is 58.8 cm³/mol. The molecule has 0 aromatic carbocycles. The van der Waals surface area contributed by atoms with Crippen LogP contribution in [0.5, 0.6) is 0 Å². The number of rotatable bonds is 5. The van der Waals surface area contributed by atoms with E-state index < -0.39 is 5.54 Å². The Morgan fingerprint density at radius 3 is 2.13 bits per heavy atom. The summed E-state index contributed by atoms with van der Waals surface area (Å²) in [4.78, 5) is 0. The third kappa shape index (κ3) is 3.72. The van der Waals surface area contributed by atoms with Gasteiger partial charge in [0.05, 0.1) is 24.9 Å². The van der Waals surface area contributed by atoms with Crippen LogP contribution in [0.15, 0.2) is 0 Å². The van der Waals surface area contributed by atoms with E-state index in [9.17, 15) is 0 Å². The van der Waals surface area contributed by atoms with E-state index in [1.54, 1.807) is 7.11 Å². The van der Waals surface area contributed by atoms with Gasteiger partial charge in [0, 0.05) is 13.2 Å². The molecule has 0 radical (unpaired) electrons. The Morgan fingerprint density at radius 1 is 1.20 bits per heavy atom. The highest BCUT2D eigenvalue weighted by Gasteiger charge is 2.28. The zero-order valence-electron chi connectivity index (χ0n) is 9.70. The predicted octanol–water partition coefficient (Wildman–Crippen LogP) is 0.277. The zero-order valence-corrected chi connectivity index (χ0v) is 9.70. The molecule has 0 heterocycles. The summed E-state index contributed by atoms with van der Waals surface area (Å²) < 4.78 is 5.30. The topological polar surface area (TPSA) is 61.7 Å². The van der Waals surface area contributed by atoms with Gasteiger partial charge in [0.15, 0.2) is 0 Å². The first-order valence-corrected chi connectivity index (χ1v) is 5.66. The summed E-state index contributed by atoms with van der Waals surface area (Å²) in [6.07, 6.45) is 4.60. The van der Waals surface area contributed by atoms with Crippen molar-refractivity contribution >= 4 is 0 Å². The first-order chi connectivity index (χ1) is 7.13. The first-order valence-electron chi connectivity index (χ1n) is 5.66. The second-order valence-corrected chi connectivity index (χ2v) is 4.73. The van der Waals surface area contributed by atoms with Gasteiger partial charge >= 0.3 is 0 Å². The van der Waals surface area contributed by atoms with Crippen molar-refractivity contribution in [3.63, 3.8) is 0 Å². The third-order valence-corrected chi connectivity index (χ3v) is 3.26. The maximum atomic E-state index is 9.17. The summed E-state index contributed by atoms with van der Waals surface area (Å²) in [5, 5.41) is 21.7. The van der Waals surface area contributed by atoms with Crippen LogP contribution in [-0.4, -0.2) is 48.2 Å². The number of hydrogen-bond acceptors (Lipinski definition) is 4. The van der Waals surface area contributed by atoms with Crippen molar-refractivity contribution in [1.29, 1.82) is 0 Å². The van der Waals surface area contributed by atoms with Gasteiger partial charge < -0.3 is 20.3 Å². The van der Waals surface area contributed by atoms with Crippen LogP contribution in [-0.2, 0) is 4.74 Å². The Hall–Kier alpha value is -0.160. The van der Waals surface area contributed by atoms with Crippen LogP contribution in [0.25, 0.3) is 0 Å². The SMILES string of the molecule is COC1CCC(NC(C)(CO)CO)CC1. The fourth-order valence-electron chi connectivity index (χ4n) is 2.08. The largest absolute Gasteiger partial charge is 0.394 e. The van der Waals surface area contributed by atoms with E-state index in [1.807, 2.05) is 6.92 Å². The van der Waals surface area contributed by atoms with Gasteiger partial charge in [-0.2, -0.15) is 0 Å². The first kappa shape index (κ1) is 12.9. The summed E-state index contributed by atoms with van der Waals surface area (Å²) in [6, 6.07) is 0.390. The summed E-state index contributed by atoms with van der Waals surface area (Å²) in [5.41, 5.74) is -0.551. The minimum atomic E-state index is -0.551. The van der Waals surface area contributed by atoms with Crippen molar-refractivity contribution in [3.8, 4) is 0 Å². The number of aliphatic hydroxyl groups is 2. The summed E-state index contributed by atoms with van der Waals surface area (Å²) in [5.74, 6) is 0. The molecular formula is C11H23NO3. The standard InChI is InChI=1S/C11H23NO3/c1-11(7-13,8-14)12-9-3-5-10(15-2)6-4-9/h9-10,12-14H,3-8H2,1-2H3. The lowest BCUT2D eigenvalue weighted by atomic mass is 9.90. The normalized spacial score (nSPS) is 28.0. The second-order valence-electron chi connectivity index (χ2n) is 4.73. The van der Waals surface area contributed by atoms with Crippen molar-refractivity contribution in [2.75, 3.05) is 20.3 Å². The van der Waals surface area contributed by atoms with Gasteiger partial charge in [-0.25, -0.2) is 0 Å². The van der Waals surface area contributed by atoms with E-state index in [1.165, 1.54) is 0 Å². The van der Waals surface area contributed by atoms with Crippen LogP contribution < -0.4 is 5.32 Å². The van der Waals surface area contributed by atoms with Gasteiger partial charge in [-0.1, -0.05) is 0 Å². The van der Waals surface area contributed by atoms with Crippen LogP contribution in [0, 0.1) is 0 Å². The average molecular weight is 217 g/mol. The van der Waals surface area contributed by atoms with E-state index in [2.05, 4.69) is 5.32 Å². The van der Waals surface area contributed by atoms with E-state index >= 15 is 0 Å². The van der Waals surface area contributed by atoms with Crippen LogP contribution in [0.4, 0.5) is 0 Å². The van der Waals surface area contributed by atoms with Gasteiger partial charge in [0.1, 0.15) is 0 Å². The molecule has 4 heteroatoms. The number of hydrogen-bond donors (Lipinski definition) is 3. The molecule has 1 rings (SSSR count). The number of aliphatic hydroxyl groups excluding tert-OH is 2. The third-order valence-electron chi connectivity index (χ3n) is 3.26. The molecule has 0 amide bonds. The molecule has 1 fully saturated rings. The lowest BCUT2D eigenvalue weighted by molar-refractivity contribution is 0.0451.